The van der Waals surface area contributed by atoms with E-state index in [2.05, 4.69) is 30.4 Å². The summed E-state index contributed by atoms with van der Waals surface area (Å²) in [6.07, 6.45) is 5.75. The standard InChI is InChI=1S/C18H24N2/c1-13(18-10-14-7-8-16(18)9-14)20-12-17(11-19)15-5-3-2-4-6-15/h2-6,13-14,16-18,20H,7-10,12H2,1H3. The van der Waals surface area contributed by atoms with Gasteiger partial charge in [-0.1, -0.05) is 36.8 Å². The van der Waals surface area contributed by atoms with Gasteiger partial charge in [0.15, 0.2) is 0 Å². The maximum Gasteiger partial charge on any atom is 0.0837 e. The second kappa shape index (κ2) is 5.97. The van der Waals surface area contributed by atoms with Gasteiger partial charge in [-0.3, -0.25) is 0 Å². The van der Waals surface area contributed by atoms with Crippen molar-refractivity contribution in [2.45, 2.75) is 44.6 Å². The zero-order chi connectivity index (χ0) is 13.9. The molecule has 2 aliphatic carbocycles. The molecule has 106 valence electrons. The Morgan fingerprint density at radius 3 is 2.65 bits per heavy atom. The lowest BCUT2D eigenvalue weighted by Crippen LogP contribution is -2.38. The van der Waals surface area contributed by atoms with Gasteiger partial charge in [-0.05, 0) is 49.5 Å². The summed E-state index contributed by atoms with van der Waals surface area (Å²) in [5.41, 5.74) is 1.13. The molecule has 0 radical (unpaired) electrons. The van der Waals surface area contributed by atoms with E-state index in [1.807, 2.05) is 18.2 Å². The molecule has 1 aromatic rings. The van der Waals surface area contributed by atoms with Gasteiger partial charge in [0.05, 0.1) is 12.0 Å². The molecule has 0 amide bonds. The number of nitrogens with zero attached hydrogens (tertiary/aromatic N) is 1. The van der Waals surface area contributed by atoms with Crippen molar-refractivity contribution < 1.29 is 0 Å². The lowest BCUT2D eigenvalue weighted by atomic mass is 9.84. The zero-order valence-corrected chi connectivity index (χ0v) is 12.3. The van der Waals surface area contributed by atoms with E-state index in [4.69, 9.17) is 0 Å². The van der Waals surface area contributed by atoms with E-state index in [1.54, 1.807) is 0 Å². The lowest BCUT2D eigenvalue weighted by molar-refractivity contribution is 0.260. The molecule has 5 atom stereocenters. The highest BCUT2D eigenvalue weighted by atomic mass is 14.9. The summed E-state index contributed by atoms with van der Waals surface area (Å²) >= 11 is 0. The van der Waals surface area contributed by atoms with Crippen molar-refractivity contribution in [3.63, 3.8) is 0 Å². The molecule has 2 saturated carbocycles. The van der Waals surface area contributed by atoms with E-state index in [0.29, 0.717) is 6.04 Å². The maximum atomic E-state index is 9.37. The number of nitriles is 1. The molecule has 2 aliphatic rings. The third-order valence-corrected chi connectivity index (χ3v) is 5.44. The van der Waals surface area contributed by atoms with E-state index >= 15 is 0 Å². The van der Waals surface area contributed by atoms with E-state index in [-0.39, 0.29) is 5.92 Å². The fraction of sp³-hybridized carbons (Fsp3) is 0.611. The SMILES string of the molecule is CC(NCC(C#N)c1ccccc1)C1CC2CCC1C2. The number of hydrogen-bond acceptors (Lipinski definition) is 2. The van der Waals surface area contributed by atoms with Gasteiger partial charge in [-0.15, -0.1) is 0 Å². The molecule has 0 spiro atoms. The highest BCUT2D eigenvalue weighted by Gasteiger charge is 2.41. The molecule has 0 aromatic heterocycles. The fourth-order valence-corrected chi connectivity index (χ4v) is 4.28. The van der Waals surface area contributed by atoms with Crippen LogP contribution >= 0.6 is 0 Å². The van der Waals surface area contributed by atoms with Gasteiger partial charge in [0.25, 0.3) is 0 Å². The van der Waals surface area contributed by atoms with Crippen molar-refractivity contribution in [1.29, 1.82) is 5.26 Å². The van der Waals surface area contributed by atoms with Gasteiger partial charge in [0, 0.05) is 12.6 Å². The van der Waals surface area contributed by atoms with Gasteiger partial charge >= 0.3 is 0 Å². The molecule has 2 fully saturated rings. The molecule has 2 heteroatoms. The molecular weight excluding hydrogens is 244 g/mol. The molecule has 0 heterocycles. The maximum absolute atomic E-state index is 9.37. The molecule has 2 bridgehead atoms. The first kappa shape index (κ1) is 13.6. The minimum atomic E-state index is -0.0303. The summed E-state index contributed by atoms with van der Waals surface area (Å²) in [6, 6.07) is 13.1. The summed E-state index contributed by atoms with van der Waals surface area (Å²) in [6.45, 7) is 3.08. The Bertz CT molecular complexity index is 476. The number of nitrogens with one attached hydrogen (secondary N) is 1. The second-order valence-electron chi connectivity index (χ2n) is 6.63. The first-order valence-corrected chi connectivity index (χ1v) is 7.96. The first-order valence-electron chi connectivity index (χ1n) is 7.96. The number of fused-ring (bicyclic) bond motifs is 2. The highest BCUT2D eigenvalue weighted by Crippen LogP contribution is 2.49. The van der Waals surface area contributed by atoms with Crippen LogP contribution in [0.15, 0.2) is 30.3 Å². The Balaban J connectivity index is 1.55. The van der Waals surface area contributed by atoms with Crippen molar-refractivity contribution >= 4 is 0 Å². The molecule has 0 aliphatic heterocycles. The van der Waals surface area contributed by atoms with Crippen LogP contribution < -0.4 is 5.32 Å². The normalized spacial score (nSPS) is 30.9. The van der Waals surface area contributed by atoms with Crippen LogP contribution in [-0.2, 0) is 0 Å². The van der Waals surface area contributed by atoms with Gasteiger partial charge < -0.3 is 5.32 Å². The highest BCUT2D eigenvalue weighted by molar-refractivity contribution is 5.25. The van der Waals surface area contributed by atoms with Crippen LogP contribution in [0.2, 0.25) is 0 Å². The van der Waals surface area contributed by atoms with Crippen LogP contribution in [0.5, 0.6) is 0 Å². The summed E-state index contributed by atoms with van der Waals surface area (Å²) in [5.74, 6) is 2.75. The third kappa shape index (κ3) is 2.74. The third-order valence-electron chi connectivity index (χ3n) is 5.44. The fourth-order valence-electron chi connectivity index (χ4n) is 4.28. The number of rotatable bonds is 5. The van der Waals surface area contributed by atoms with Gasteiger partial charge in [-0.25, -0.2) is 0 Å². The molecule has 1 aromatic carbocycles. The van der Waals surface area contributed by atoms with Crippen molar-refractivity contribution in [1.82, 2.24) is 5.32 Å². The Hall–Kier alpha value is -1.33. The molecule has 3 rings (SSSR count). The quantitative estimate of drug-likeness (QED) is 0.883. The molecule has 0 saturated heterocycles. The largest absolute Gasteiger partial charge is 0.312 e. The van der Waals surface area contributed by atoms with Crippen LogP contribution in [0.4, 0.5) is 0 Å². The van der Waals surface area contributed by atoms with Crippen LogP contribution in [-0.4, -0.2) is 12.6 Å². The minimum Gasteiger partial charge on any atom is -0.312 e. The van der Waals surface area contributed by atoms with E-state index in [1.165, 1.54) is 25.7 Å². The van der Waals surface area contributed by atoms with Gasteiger partial charge in [-0.2, -0.15) is 5.26 Å². The van der Waals surface area contributed by atoms with Crippen LogP contribution in [0.25, 0.3) is 0 Å². The lowest BCUT2D eigenvalue weighted by Gasteiger charge is -2.29. The number of hydrogen-bond donors (Lipinski definition) is 1. The van der Waals surface area contributed by atoms with E-state index in [0.717, 1.165) is 29.9 Å². The topological polar surface area (TPSA) is 35.8 Å². The van der Waals surface area contributed by atoms with Crippen molar-refractivity contribution in [3.05, 3.63) is 35.9 Å². The van der Waals surface area contributed by atoms with Crippen molar-refractivity contribution in [2.24, 2.45) is 17.8 Å². The van der Waals surface area contributed by atoms with Crippen LogP contribution in [0.1, 0.15) is 44.1 Å². The second-order valence-corrected chi connectivity index (χ2v) is 6.63. The predicted molar refractivity (Wildman–Crippen MR) is 81.2 cm³/mol. The summed E-state index contributed by atoms with van der Waals surface area (Å²) in [7, 11) is 0. The van der Waals surface area contributed by atoms with Gasteiger partial charge in [0.2, 0.25) is 0 Å². The summed E-state index contributed by atoms with van der Waals surface area (Å²) in [4.78, 5) is 0. The van der Waals surface area contributed by atoms with Crippen molar-refractivity contribution in [2.75, 3.05) is 6.54 Å². The minimum absolute atomic E-state index is 0.0303. The zero-order valence-electron chi connectivity index (χ0n) is 12.3. The molecule has 5 unspecified atom stereocenters. The smallest absolute Gasteiger partial charge is 0.0837 e. The van der Waals surface area contributed by atoms with E-state index < -0.39 is 0 Å². The predicted octanol–water partition coefficient (Wildman–Crippen LogP) is 3.71. The van der Waals surface area contributed by atoms with Gasteiger partial charge in [0.1, 0.15) is 0 Å². The monoisotopic (exact) mass is 268 g/mol. The Labute approximate surface area is 122 Å². The Kier molecular flexibility index (Phi) is 4.08. The Morgan fingerprint density at radius 2 is 2.05 bits per heavy atom. The average Bonchev–Trinajstić information content (AvgIpc) is 3.11. The summed E-state index contributed by atoms with van der Waals surface area (Å²) in [5, 5.41) is 13.0. The van der Waals surface area contributed by atoms with E-state index in [9.17, 15) is 5.26 Å². The van der Waals surface area contributed by atoms with Crippen LogP contribution in [0.3, 0.4) is 0 Å². The molecule has 20 heavy (non-hydrogen) atoms. The summed E-state index contributed by atoms with van der Waals surface area (Å²) < 4.78 is 0. The first-order chi connectivity index (χ1) is 9.78. The molecule has 2 nitrogen and oxygen atoms in total. The van der Waals surface area contributed by atoms with Crippen molar-refractivity contribution in [3.8, 4) is 6.07 Å². The Morgan fingerprint density at radius 1 is 1.25 bits per heavy atom. The van der Waals surface area contributed by atoms with Crippen LogP contribution in [0, 0.1) is 29.1 Å². The average molecular weight is 268 g/mol. The molecular formula is C18H24N2. The number of benzene rings is 1. The molecule has 1 N–H and O–H groups in total.